The van der Waals surface area contributed by atoms with Crippen LogP contribution in [-0.2, 0) is 10.2 Å². The van der Waals surface area contributed by atoms with E-state index in [0.29, 0.717) is 12.1 Å². The fourth-order valence-corrected chi connectivity index (χ4v) is 2.86. The molecule has 0 spiro atoms. The predicted molar refractivity (Wildman–Crippen MR) is 79.2 cm³/mol. The normalized spacial score (nSPS) is 13.2. The molecule has 0 aliphatic heterocycles. The Hall–Kier alpha value is -1.42. The number of nitrogens with one attached hydrogen (secondary N) is 1. The molecule has 5 nitrogen and oxygen atoms in total. The third-order valence-corrected chi connectivity index (χ3v) is 4.76. The lowest BCUT2D eigenvalue weighted by Crippen LogP contribution is -2.39. The standard InChI is InChI=1S/C14H21N3O2S/c1-4-5-10-17(3)20(18,19)16-12(2)14-8-6-13(11-15)7-9-14/h6-9,12,16H,4-5,10H2,1-3H3/t12-/m1/s1. The van der Waals surface area contributed by atoms with Gasteiger partial charge in [0, 0.05) is 19.6 Å². The fourth-order valence-electron chi connectivity index (χ4n) is 1.73. The van der Waals surface area contributed by atoms with Gasteiger partial charge in [0.05, 0.1) is 11.6 Å². The third kappa shape index (κ3) is 4.60. The van der Waals surface area contributed by atoms with Gasteiger partial charge in [-0.3, -0.25) is 0 Å². The van der Waals surface area contributed by atoms with Crippen molar-refractivity contribution in [1.29, 1.82) is 5.26 Å². The minimum atomic E-state index is -3.48. The van der Waals surface area contributed by atoms with Gasteiger partial charge in [0.15, 0.2) is 0 Å². The summed E-state index contributed by atoms with van der Waals surface area (Å²) >= 11 is 0. The van der Waals surface area contributed by atoms with E-state index in [1.165, 1.54) is 4.31 Å². The van der Waals surface area contributed by atoms with Crippen LogP contribution in [0.25, 0.3) is 0 Å². The van der Waals surface area contributed by atoms with E-state index in [-0.39, 0.29) is 6.04 Å². The minimum absolute atomic E-state index is 0.336. The largest absolute Gasteiger partial charge is 0.279 e. The second-order valence-corrected chi connectivity index (χ2v) is 6.56. The molecule has 0 aliphatic carbocycles. The average molecular weight is 295 g/mol. The van der Waals surface area contributed by atoms with E-state index < -0.39 is 10.2 Å². The molecule has 20 heavy (non-hydrogen) atoms. The highest BCUT2D eigenvalue weighted by atomic mass is 32.2. The molecule has 1 aromatic carbocycles. The second-order valence-electron chi connectivity index (χ2n) is 4.75. The van der Waals surface area contributed by atoms with Crippen molar-refractivity contribution in [2.24, 2.45) is 0 Å². The number of hydrogen-bond donors (Lipinski definition) is 1. The minimum Gasteiger partial charge on any atom is -0.195 e. The maximum atomic E-state index is 12.1. The van der Waals surface area contributed by atoms with Gasteiger partial charge in [-0.15, -0.1) is 0 Å². The molecule has 0 heterocycles. The van der Waals surface area contributed by atoms with Crippen molar-refractivity contribution in [3.05, 3.63) is 35.4 Å². The lowest BCUT2D eigenvalue weighted by molar-refractivity contribution is 0.442. The first kappa shape index (κ1) is 16.6. The molecule has 0 saturated heterocycles. The van der Waals surface area contributed by atoms with Crippen LogP contribution < -0.4 is 4.72 Å². The highest BCUT2D eigenvalue weighted by Gasteiger charge is 2.20. The zero-order valence-corrected chi connectivity index (χ0v) is 12.9. The highest BCUT2D eigenvalue weighted by Crippen LogP contribution is 2.15. The number of nitriles is 1. The smallest absolute Gasteiger partial charge is 0.195 e. The maximum absolute atomic E-state index is 12.1. The van der Waals surface area contributed by atoms with Crippen LogP contribution in [0.3, 0.4) is 0 Å². The predicted octanol–water partition coefficient (Wildman–Crippen LogP) is 2.19. The summed E-state index contributed by atoms with van der Waals surface area (Å²) in [5.74, 6) is 0. The van der Waals surface area contributed by atoms with Crippen molar-refractivity contribution in [3.63, 3.8) is 0 Å². The van der Waals surface area contributed by atoms with Crippen LogP contribution in [0.1, 0.15) is 43.9 Å². The van der Waals surface area contributed by atoms with E-state index in [1.807, 2.05) is 13.0 Å². The topological polar surface area (TPSA) is 73.2 Å². The van der Waals surface area contributed by atoms with Crippen LogP contribution >= 0.6 is 0 Å². The molecule has 0 saturated carbocycles. The van der Waals surface area contributed by atoms with E-state index in [2.05, 4.69) is 4.72 Å². The Morgan fingerprint density at radius 2 is 1.95 bits per heavy atom. The molecule has 1 atom stereocenters. The van der Waals surface area contributed by atoms with Crippen molar-refractivity contribution in [3.8, 4) is 6.07 Å². The first-order valence-electron chi connectivity index (χ1n) is 6.64. The summed E-state index contributed by atoms with van der Waals surface area (Å²) in [6.45, 7) is 4.31. The molecule has 1 aromatic rings. The summed E-state index contributed by atoms with van der Waals surface area (Å²) in [7, 11) is -1.90. The van der Waals surface area contributed by atoms with Gasteiger partial charge in [-0.05, 0) is 31.0 Å². The molecule has 6 heteroatoms. The van der Waals surface area contributed by atoms with E-state index in [9.17, 15) is 8.42 Å². The zero-order chi connectivity index (χ0) is 15.2. The van der Waals surface area contributed by atoms with Gasteiger partial charge in [0.25, 0.3) is 10.2 Å². The van der Waals surface area contributed by atoms with E-state index in [0.717, 1.165) is 18.4 Å². The second kappa shape index (κ2) is 7.39. The monoisotopic (exact) mass is 295 g/mol. The molecule has 110 valence electrons. The zero-order valence-electron chi connectivity index (χ0n) is 12.1. The van der Waals surface area contributed by atoms with Crippen LogP contribution in [0.2, 0.25) is 0 Å². The van der Waals surface area contributed by atoms with Crippen LogP contribution in [-0.4, -0.2) is 26.3 Å². The van der Waals surface area contributed by atoms with E-state index >= 15 is 0 Å². The lowest BCUT2D eigenvalue weighted by Gasteiger charge is -2.21. The number of benzene rings is 1. The summed E-state index contributed by atoms with van der Waals surface area (Å²) < 4.78 is 28.2. The van der Waals surface area contributed by atoms with Gasteiger partial charge in [-0.2, -0.15) is 22.7 Å². The van der Waals surface area contributed by atoms with Gasteiger partial charge in [0.1, 0.15) is 0 Å². The van der Waals surface area contributed by atoms with Gasteiger partial charge in [0.2, 0.25) is 0 Å². The van der Waals surface area contributed by atoms with Crippen LogP contribution in [0.15, 0.2) is 24.3 Å². The number of hydrogen-bond acceptors (Lipinski definition) is 3. The summed E-state index contributed by atoms with van der Waals surface area (Å²) in [6.07, 6.45) is 1.79. The molecule has 0 aromatic heterocycles. The van der Waals surface area contributed by atoms with Crippen molar-refractivity contribution in [2.45, 2.75) is 32.7 Å². The molecule has 1 rings (SSSR count). The summed E-state index contributed by atoms with van der Waals surface area (Å²) in [6, 6.07) is 8.59. The number of unbranched alkanes of at least 4 members (excludes halogenated alkanes) is 1. The van der Waals surface area contributed by atoms with E-state index in [4.69, 9.17) is 5.26 Å². The molecule has 0 bridgehead atoms. The molecule has 0 radical (unpaired) electrons. The van der Waals surface area contributed by atoms with E-state index in [1.54, 1.807) is 38.2 Å². The maximum Gasteiger partial charge on any atom is 0.279 e. The molecule has 0 unspecified atom stereocenters. The quantitative estimate of drug-likeness (QED) is 0.838. The Bertz CT molecular complexity index is 561. The van der Waals surface area contributed by atoms with Crippen LogP contribution in [0.5, 0.6) is 0 Å². The summed E-state index contributed by atoms with van der Waals surface area (Å²) in [5, 5.41) is 8.74. The van der Waals surface area contributed by atoms with Crippen molar-refractivity contribution < 1.29 is 8.42 Å². The third-order valence-electron chi connectivity index (χ3n) is 3.10. The number of rotatable bonds is 7. The fraction of sp³-hybridized carbons (Fsp3) is 0.500. The molecule has 0 fully saturated rings. The number of nitrogens with zero attached hydrogens (tertiary/aromatic N) is 2. The Balaban J connectivity index is 2.73. The van der Waals surface area contributed by atoms with Gasteiger partial charge in [-0.1, -0.05) is 25.5 Å². The Morgan fingerprint density at radius 1 is 1.35 bits per heavy atom. The van der Waals surface area contributed by atoms with Crippen LogP contribution in [0.4, 0.5) is 0 Å². The average Bonchev–Trinajstić information content (AvgIpc) is 2.44. The van der Waals surface area contributed by atoms with Crippen LogP contribution in [0, 0.1) is 11.3 Å². The first-order valence-corrected chi connectivity index (χ1v) is 8.08. The Morgan fingerprint density at radius 3 is 2.45 bits per heavy atom. The molecule has 0 amide bonds. The van der Waals surface area contributed by atoms with Crippen molar-refractivity contribution in [2.75, 3.05) is 13.6 Å². The van der Waals surface area contributed by atoms with Gasteiger partial charge in [-0.25, -0.2) is 0 Å². The van der Waals surface area contributed by atoms with Gasteiger partial charge >= 0.3 is 0 Å². The lowest BCUT2D eigenvalue weighted by atomic mass is 10.1. The van der Waals surface area contributed by atoms with Crippen molar-refractivity contribution in [1.82, 2.24) is 9.03 Å². The highest BCUT2D eigenvalue weighted by molar-refractivity contribution is 7.87. The molecular formula is C14H21N3O2S. The molecular weight excluding hydrogens is 274 g/mol. The first-order chi connectivity index (χ1) is 9.40. The SMILES string of the molecule is CCCCN(C)S(=O)(=O)N[C@H](C)c1ccc(C#N)cc1. The molecule has 1 N–H and O–H groups in total. The van der Waals surface area contributed by atoms with Gasteiger partial charge < -0.3 is 0 Å². The summed E-state index contributed by atoms with van der Waals surface area (Å²) in [5.41, 5.74) is 1.39. The van der Waals surface area contributed by atoms with Crippen molar-refractivity contribution >= 4 is 10.2 Å². The Kier molecular flexibility index (Phi) is 6.14. The Labute approximate surface area is 121 Å². The summed E-state index contributed by atoms with van der Waals surface area (Å²) in [4.78, 5) is 0. The molecule has 0 aliphatic rings.